The molecule has 0 atom stereocenters. The van der Waals surface area contributed by atoms with E-state index in [-0.39, 0.29) is 36.4 Å². The summed E-state index contributed by atoms with van der Waals surface area (Å²) >= 11 is 1.75. The molecule has 154 valence electrons. The summed E-state index contributed by atoms with van der Waals surface area (Å²) in [4.78, 5) is 21.6. The minimum absolute atomic E-state index is 0. The topological polar surface area (TPSA) is 57.2 Å². The number of nitrogens with zero attached hydrogens (tertiary/aromatic N) is 3. The second-order valence-electron chi connectivity index (χ2n) is 6.38. The number of hydrogen-bond acceptors (Lipinski definition) is 4. The lowest BCUT2D eigenvalue weighted by Crippen LogP contribution is -2.44. The summed E-state index contributed by atoms with van der Waals surface area (Å²) in [5, 5.41) is 5.27. The van der Waals surface area contributed by atoms with Crippen LogP contribution in [-0.2, 0) is 17.8 Å². The van der Waals surface area contributed by atoms with E-state index in [9.17, 15) is 4.79 Å². The van der Waals surface area contributed by atoms with E-state index in [0.717, 1.165) is 30.2 Å². The van der Waals surface area contributed by atoms with Crippen LogP contribution in [0.15, 0.2) is 46.8 Å². The van der Waals surface area contributed by atoms with Crippen LogP contribution in [0, 0.1) is 0 Å². The molecule has 1 heterocycles. The molecule has 1 aromatic carbocycles. The summed E-state index contributed by atoms with van der Waals surface area (Å²) < 4.78 is 5.19. The Morgan fingerprint density at radius 1 is 1.18 bits per heavy atom. The molecule has 0 aliphatic carbocycles. The molecule has 1 amide bonds. The number of likely N-dealkylation sites (N-methyl/N-ethyl adjacent to an activating group) is 2. The summed E-state index contributed by atoms with van der Waals surface area (Å²) in [5.41, 5.74) is 1.08. The molecule has 0 unspecified atom stereocenters. The van der Waals surface area contributed by atoms with Gasteiger partial charge >= 0.3 is 0 Å². The molecular formula is C20H29IN4O2S. The van der Waals surface area contributed by atoms with Gasteiger partial charge in [-0.05, 0) is 35.6 Å². The molecule has 28 heavy (non-hydrogen) atoms. The minimum atomic E-state index is 0. The normalized spacial score (nSPS) is 10.8. The van der Waals surface area contributed by atoms with E-state index in [1.165, 1.54) is 4.88 Å². The number of thiophene rings is 1. The molecular weight excluding hydrogens is 487 g/mol. The summed E-state index contributed by atoms with van der Waals surface area (Å²) in [6.45, 7) is 1.58. The Labute approximate surface area is 188 Å². The van der Waals surface area contributed by atoms with Crippen molar-refractivity contribution in [1.82, 2.24) is 15.1 Å². The highest BCUT2D eigenvalue weighted by molar-refractivity contribution is 14.0. The number of aliphatic imine (C=N–C) groups is 1. The molecule has 0 spiro atoms. The zero-order chi connectivity index (χ0) is 19.6. The maximum atomic E-state index is 11.9. The smallest absolute Gasteiger partial charge is 0.241 e. The van der Waals surface area contributed by atoms with Crippen LogP contribution in [0.25, 0.3) is 0 Å². The Morgan fingerprint density at radius 2 is 1.89 bits per heavy atom. The van der Waals surface area contributed by atoms with Crippen molar-refractivity contribution in [1.29, 1.82) is 0 Å². The number of nitrogens with one attached hydrogen (secondary N) is 1. The van der Waals surface area contributed by atoms with Gasteiger partial charge in [0.25, 0.3) is 0 Å². The van der Waals surface area contributed by atoms with Crippen LogP contribution in [0.2, 0.25) is 0 Å². The van der Waals surface area contributed by atoms with Crippen LogP contribution in [0.3, 0.4) is 0 Å². The molecule has 0 bridgehead atoms. The molecule has 1 N–H and O–H groups in total. The predicted octanol–water partition coefficient (Wildman–Crippen LogP) is 3.08. The molecule has 0 saturated heterocycles. The number of carbonyl (C=O) groups is 1. The molecule has 0 saturated carbocycles. The van der Waals surface area contributed by atoms with Gasteiger partial charge in [-0.15, -0.1) is 35.3 Å². The van der Waals surface area contributed by atoms with Crippen molar-refractivity contribution in [2.45, 2.75) is 13.0 Å². The number of rotatable bonds is 8. The quantitative estimate of drug-likeness (QED) is 0.333. The molecule has 8 heteroatoms. The molecule has 6 nitrogen and oxygen atoms in total. The fourth-order valence-electron chi connectivity index (χ4n) is 2.36. The third-order valence-corrected chi connectivity index (χ3v) is 5.04. The van der Waals surface area contributed by atoms with Gasteiger partial charge in [-0.25, -0.2) is 4.99 Å². The highest BCUT2D eigenvalue weighted by atomic mass is 127. The third kappa shape index (κ3) is 8.05. The molecule has 0 fully saturated rings. The number of halogens is 1. The maximum Gasteiger partial charge on any atom is 0.241 e. The fourth-order valence-corrected chi connectivity index (χ4v) is 3.06. The average molecular weight is 516 g/mol. The van der Waals surface area contributed by atoms with E-state index in [1.54, 1.807) is 37.4 Å². The second-order valence-corrected chi connectivity index (χ2v) is 7.41. The van der Waals surface area contributed by atoms with Gasteiger partial charge in [0.1, 0.15) is 5.75 Å². The van der Waals surface area contributed by atoms with Crippen LogP contribution in [0.4, 0.5) is 0 Å². The molecule has 2 rings (SSSR count). The number of hydrogen-bond donors (Lipinski definition) is 1. The van der Waals surface area contributed by atoms with Crippen molar-refractivity contribution in [3.8, 4) is 5.75 Å². The van der Waals surface area contributed by atoms with E-state index in [0.29, 0.717) is 6.54 Å². The Bertz CT molecular complexity index is 733. The molecule has 0 radical (unpaired) electrons. The van der Waals surface area contributed by atoms with Gasteiger partial charge in [0.05, 0.1) is 20.2 Å². The van der Waals surface area contributed by atoms with Crippen molar-refractivity contribution in [3.63, 3.8) is 0 Å². The van der Waals surface area contributed by atoms with Crippen LogP contribution in [0.5, 0.6) is 5.75 Å². The first-order valence-corrected chi connectivity index (χ1v) is 9.72. The summed E-state index contributed by atoms with van der Waals surface area (Å²) in [6.07, 6.45) is 0.943. The Kier molecular flexibility index (Phi) is 10.9. The van der Waals surface area contributed by atoms with Gasteiger partial charge in [-0.1, -0.05) is 18.2 Å². The van der Waals surface area contributed by atoms with Crippen molar-refractivity contribution < 1.29 is 9.53 Å². The van der Waals surface area contributed by atoms with Gasteiger partial charge in [0.15, 0.2) is 5.96 Å². The minimum Gasteiger partial charge on any atom is -0.497 e. The first-order chi connectivity index (χ1) is 13.0. The van der Waals surface area contributed by atoms with E-state index >= 15 is 0 Å². The van der Waals surface area contributed by atoms with Gasteiger partial charge in [-0.2, -0.15) is 0 Å². The lowest BCUT2D eigenvalue weighted by Gasteiger charge is -2.23. The van der Waals surface area contributed by atoms with Gasteiger partial charge in [0, 0.05) is 32.6 Å². The molecule has 1 aromatic heterocycles. The van der Waals surface area contributed by atoms with Gasteiger partial charge < -0.3 is 19.9 Å². The molecule has 0 aliphatic heterocycles. The number of amides is 1. The SMILES string of the molecule is COc1ccc(CN=C(NCC(=O)N(C)C)N(C)CCc2cccs2)cc1.I. The summed E-state index contributed by atoms with van der Waals surface area (Å²) in [5.74, 6) is 1.56. The lowest BCUT2D eigenvalue weighted by atomic mass is 10.2. The third-order valence-electron chi connectivity index (χ3n) is 4.10. The second kappa shape index (κ2) is 12.6. The number of benzene rings is 1. The average Bonchev–Trinajstić information content (AvgIpc) is 3.19. The van der Waals surface area contributed by atoms with E-state index in [4.69, 9.17) is 9.73 Å². The van der Waals surface area contributed by atoms with Crippen LogP contribution >= 0.6 is 35.3 Å². The number of guanidine groups is 1. The number of carbonyl (C=O) groups excluding carboxylic acids is 1. The summed E-state index contributed by atoms with van der Waals surface area (Å²) in [7, 11) is 7.14. The highest BCUT2D eigenvalue weighted by Crippen LogP contribution is 2.12. The van der Waals surface area contributed by atoms with E-state index < -0.39 is 0 Å². The first-order valence-electron chi connectivity index (χ1n) is 8.84. The highest BCUT2D eigenvalue weighted by Gasteiger charge is 2.10. The van der Waals surface area contributed by atoms with Crippen molar-refractivity contribution in [2.24, 2.45) is 4.99 Å². The largest absolute Gasteiger partial charge is 0.497 e. The van der Waals surface area contributed by atoms with E-state index in [1.807, 2.05) is 31.3 Å². The number of methoxy groups -OCH3 is 1. The fraction of sp³-hybridized carbons (Fsp3) is 0.400. The maximum absolute atomic E-state index is 11.9. The van der Waals surface area contributed by atoms with Gasteiger partial charge in [-0.3, -0.25) is 4.79 Å². The standard InChI is InChI=1S/C20H28N4O2S.HI/c1-23(2)19(25)15-22-20(24(3)12-11-18-6-5-13-27-18)21-14-16-7-9-17(26-4)10-8-16;/h5-10,13H,11-12,14-15H2,1-4H3,(H,21,22);1H. The van der Waals surface area contributed by atoms with Crippen molar-refractivity contribution in [3.05, 3.63) is 52.2 Å². The number of ether oxygens (including phenoxy) is 1. The zero-order valence-electron chi connectivity index (χ0n) is 16.8. The Hall–Kier alpha value is -1.81. The van der Waals surface area contributed by atoms with Crippen LogP contribution < -0.4 is 10.1 Å². The Balaban J connectivity index is 0.00000392. The monoisotopic (exact) mass is 516 g/mol. The van der Waals surface area contributed by atoms with Gasteiger partial charge in [0.2, 0.25) is 5.91 Å². The zero-order valence-corrected chi connectivity index (χ0v) is 20.0. The van der Waals surface area contributed by atoms with Crippen LogP contribution in [0.1, 0.15) is 10.4 Å². The molecule has 0 aliphatic rings. The van der Waals surface area contributed by atoms with Crippen molar-refractivity contribution >= 4 is 47.2 Å². The summed E-state index contributed by atoms with van der Waals surface area (Å²) in [6, 6.07) is 12.0. The lowest BCUT2D eigenvalue weighted by molar-refractivity contribution is -0.127. The Morgan fingerprint density at radius 3 is 2.46 bits per heavy atom. The van der Waals surface area contributed by atoms with E-state index in [2.05, 4.69) is 27.7 Å². The predicted molar refractivity (Wildman–Crippen MR) is 127 cm³/mol. The molecule has 2 aromatic rings. The van der Waals surface area contributed by atoms with Crippen LogP contribution in [-0.4, -0.2) is 63.0 Å². The van der Waals surface area contributed by atoms with Crippen molar-refractivity contribution in [2.75, 3.05) is 41.3 Å². The first kappa shape index (κ1) is 24.2.